The summed E-state index contributed by atoms with van der Waals surface area (Å²) in [7, 11) is 0. The van der Waals surface area contributed by atoms with Gasteiger partial charge in [0.15, 0.2) is 0 Å². The van der Waals surface area contributed by atoms with Gasteiger partial charge in [0.25, 0.3) is 5.91 Å². The average Bonchev–Trinajstić information content (AvgIpc) is 2.69. The summed E-state index contributed by atoms with van der Waals surface area (Å²) in [5.41, 5.74) is 4.55. The van der Waals surface area contributed by atoms with Crippen LogP contribution >= 0.6 is 11.6 Å². The molecule has 1 N–H and O–H groups in total. The molecule has 0 aliphatic carbocycles. The number of hydrazone groups is 1. The Morgan fingerprint density at radius 1 is 1.00 bits per heavy atom. The van der Waals surface area contributed by atoms with Crippen LogP contribution in [0.1, 0.15) is 21.5 Å². The molecule has 136 valence electrons. The van der Waals surface area contributed by atoms with E-state index < -0.39 is 11.7 Å². The number of hydrogen-bond acceptors (Lipinski definition) is 3. The van der Waals surface area contributed by atoms with Gasteiger partial charge in [-0.3, -0.25) is 4.79 Å². The molecular weight excluding hydrogens is 367 g/mol. The van der Waals surface area contributed by atoms with Gasteiger partial charge in [0, 0.05) is 10.6 Å². The smallest absolute Gasteiger partial charge is 0.271 e. The van der Waals surface area contributed by atoms with E-state index in [1.807, 2.05) is 48.5 Å². The average molecular weight is 383 g/mol. The molecule has 0 atom stereocenters. The fourth-order valence-electron chi connectivity index (χ4n) is 2.23. The molecule has 3 aromatic carbocycles. The number of carbonyl (C=O) groups is 1. The van der Waals surface area contributed by atoms with Crippen molar-refractivity contribution in [1.82, 2.24) is 5.43 Å². The van der Waals surface area contributed by atoms with Gasteiger partial charge in [0.05, 0.1) is 6.21 Å². The normalized spacial score (nSPS) is 10.7. The van der Waals surface area contributed by atoms with E-state index in [1.54, 1.807) is 0 Å². The van der Waals surface area contributed by atoms with E-state index in [-0.39, 0.29) is 0 Å². The highest BCUT2D eigenvalue weighted by Crippen LogP contribution is 2.15. The maximum atomic E-state index is 12.8. The zero-order chi connectivity index (χ0) is 19.1. The molecule has 0 aliphatic rings. The minimum absolute atomic E-state index is 0.333. The van der Waals surface area contributed by atoms with Gasteiger partial charge in [0.1, 0.15) is 18.2 Å². The van der Waals surface area contributed by atoms with Crippen LogP contribution in [0.15, 0.2) is 77.9 Å². The fourth-order valence-corrected chi connectivity index (χ4v) is 2.35. The highest BCUT2D eigenvalue weighted by Gasteiger charge is 2.03. The molecule has 0 aliphatic heterocycles. The lowest BCUT2D eigenvalue weighted by molar-refractivity contribution is 0.0955. The maximum Gasteiger partial charge on any atom is 0.271 e. The van der Waals surface area contributed by atoms with Crippen LogP contribution in [0.5, 0.6) is 5.75 Å². The summed E-state index contributed by atoms with van der Waals surface area (Å²) in [6, 6.07) is 20.0. The summed E-state index contributed by atoms with van der Waals surface area (Å²) < 4.78 is 18.6. The van der Waals surface area contributed by atoms with Crippen molar-refractivity contribution in [2.24, 2.45) is 5.10 Å². The zero-order valence-electron chi connectivity index (χ0n) is 14.2. The molecule has 3 rings (SSSR count). The predicted molar refractivity (Wildman–Crippen MR) is 104 cm³/mol. The Hall–Kier alpha value is -3.18. The van der Waals surface area contributed by atoms with E-state index in [4.69, 9.17) is 16.3 Å². The molecule has 0 spiro atoms. The number of nitrogens with one attached hydrogen (secondary N) is 1. The summed E-state index contributed by atoms with van der Waals surface area (Å²) in [6.45, 7) is 0.443. The number of rotatable bonds is 6. The van der Waals surface area contributed by atoms with Crippen molar-refractivity contribution >= 4 is 23.7 Å². The Labute approximate surface area is 161 Å². The Morgan fingerprint density at radius 2 is 1.67 bits per heavy atom. The van der Waals surface area contributed by atoms with Crippen molar-refractivity contribution in [2.75, 3.05) is 0 Å². The summed E-state index contributed by atoms with van der Waals surface area (Å²) in [5, 5.41) is 4.59. The van der Waals surface area contributed by atoms with E-state index in [0.29, 0.717) is 17.2 Å². The SMILES string of the molecule is O=C(N/N=C\c1ccc(OCc2ccc(Cl)cc2)cc1)c1ccc(F)cc1. The van der Waals surface area contributed by atoms with Crippen molar-refractivity contribution in [3.63, 3.8) is 0 Å². The van der Waals surface area contributed by atoms with Crippen molar-refractivity contribution < 1.29 is 13.9 Å². The lowest BCUT2D eigenvalue weighted by Crippen LogP contribution is -2.17. The van der Waals surface area contributed by atoms with Crippen LogP contribution in [0.25, 0.3) is 0 Å². The number of amides is 1. The molecule has 0 heterocycles. The Morgan fingerprint density at radius 3 is 2.33 bits per heavy atom. The van der Waals surface area contributed by atoms with Crippen LogP contribution in [0.4, 0.5) is 4.39 Å². The van der Waals surface area contributed by atoms with Crippen LogP contribution in [0.2, 0.25) is 5.02 Å². The molecule has 0 fully saturated rings. The van der Waals surface area contributed by atoms with Gasteiger partial charge in [-0.1, -0.05) is 23.7 Å². The Balaban J connectivity index is 1.50. The summed E-state index contributed by atoms with van der Waals surface area (Å²) in [5.74, 6) is -0.0833. The molecule has 27 heavy (non-hydrogen) atoms. The topological polar surface area (TPSA) is 50.7 Å². The predicted octanol–water partition coefficient (Wildman–Crippen LogP) is 4.82. The van der Waals surface area contributed by atoms with Gasteiger partial charge in [-0.25, -0.2) is 9.82 Å². The molecule has 0 saturated carbocycles. The van der Waals surface area contributed by atoms with E-state index >= 15 is 0 Å². The van der Waals surface area contributed by atoms with Gasteiger partial charge in [-0.05, 0) is 71.8 Å². The summed E-state index contributed by atoms with van der Waals surface area (Å²) in [6.07, 6.45) is 1.52. The van der Waals surface area contributed by atoms with Gasteiger partial charge in [0.2, 0.25) is 0 Å². The number of halogens is 2. The first-order valence-corrected chi connectivity index (χ1v) is 8.54. The molecule has 0 bridgehead atoms. The minimum Gasteiger partial charge on any atom is -0.489 e. The lowest BCUT2D eigenvalue weighted by atomic mass is 10.2. The quantitative estimate of drug-likeness (QED) is 0.490. The number of nitrogens with zero attached hydrogens (tertiary/aromatic N) is 1. The van der Waals surface area contributed by atoms with E-state index in [2.05, 4.69) is 10.5 Å². The Bertz CT molecular complexity index is 924. The molecule has 6 heteroatoms. The lowest BCUT2D eigenvalue weighted by Gasteiger charge is -2.06. The van der Waals surface area contributed by atoms with Gasteiger partial charge >= 0.3 is 0 Å². The van der Waals surface area contributed by atoms with E-state index in [0.717, 1.165) is 16.9 Å². The number of benzene rings is 3. The zero-order valence-corrected chi connectivity index (χ0v) is 15.0. The van der Waals surface area contributed by atoms with Crippen LogP contribution in [0, 0.1) is 5.82 Å². The van der Waals surface area contributed by atoms with E-state index in [9.17, 15) is 9.18 Å². The molecule has 3 aromatic rings. The molecule has 0 saturated heterocycles. The monoisotopic (exact) mass is 382 g/mol. The summed E-state index contributed by atoms with van der Waals surface area (Å²) in [4.78, 5) is 11.9. The first-order valence-electron chi connectivity index (χ1n) is 8.16. The minimum atomic E-state index is -0.408. The van der Waals surface area contributed by atoms with E-state index in [1.165, 1.54) is 30.5 Å². The molecule has 4 nitrogen and oxygen atoms in total. The third kappa shape index (κ3) is 5.66. The highest BCUT2D eigenvalue weighted by atomic mass is 35.5. The second-order valence-electron chi connectivity index (χ2n) is 5.69. The third-order valence-electron chi connectivity index (χ3n) is 3.68. The van der Waals surface area contributed by atoms with Gasteiger partial charge in [-0.15, -0.1) is 0 Å². The first kappa shape index (κ1) is 18.6. The van der Waals surface area contributed by atoms with Crippen LogP contribution < -0.4 is 10.2 Å². The third-order valence-corrected chi connectivity index (χ3v) is 3.94. The van der Waals surface area contributed by atoms with Crippen LogP contribution in [0.3, 0.4) is 0 Å². The van der Waals surface area contributed by atoms with Crippen molar-refractivity contribution in [3.05, 3.63) is 100 Å². The maximum absolute atomic E-state index is 12.8. The van der Waals surface area contributed by atoms with Gasteiger partial charge < -0.3 is 4.74 Å². The van der Waals surface area contributed by atoms with Crippen molar-refractivity contribution in [3.8, 4) is 5.75 Å². The second-order valence-corrected chi connectivity index (χ2v) is 6.13. The number of ether oxygens (including phenoxy) is 1. The van der Waals surface area contributed by atoms with Crippen LogP contribution in [-0.4, -0.2) is 12.1 Å². The van der Waals surface area contributed by atoms with Gasteiger partial charge in [-0.2, -0.15) is 5.10 Å². The standard InChI is InChI=1S/C21H16ClFN2O2/c22-18-7-1-16(2-8-18)14-27-20-11-3-15(4-12-20)13-24-25-21(26)17-5-9-19(23)10-6-17/h1-13H,14H2,(H,25,26)/b24-13-. The first-order chi connectivity index (χ1) is 13.1. The molecule has 0 radical (unpaired) electrons. The number of carbonyl (C=O) groups excluding carboxylic acids is 1. The second kappa shape index (κ2) is 8.96. The fraction of sp³-hybridized carbons (Fsp3) is 0.0476. The van der Waals surface area contributed by atoms with Crippen molar-refractivity contribution in [2.45, 2.75) is 6.61 Å². The van der Waals surface area contributed by atoms with Crippen molar-refractivity contribution in [1.29, 1.82) is 0 Å². The van der Waals surface area contributed by atoms with Crippen LogP contribution in [-0.2, 0) is 6.61 Å². The molecule has 0 unspecified atom stereocenters. The molecular formula is C21H16ClFN2O2. The summed E-state index contributed by atoms with van der Waals surface area (Å²) >= 11 is 5.85. The largest absolute Gasteiger partial charge is 0.489 e. The number of hydrogen-bond donors (Lipinski definition) is 1. The molecule has 1 amide bonds. The highest BCUT2D eigenvalue weighted by molar-refractivity contribution is 6.30. The Kier molecular flexibility index (Phi) is 6.18. The molecule has 0 aromatic heterocycles.